The monoisotopic (exact) mass is 346 g/mol. The number of likely N-dealkylation sites (N-methyl/N-ethyl adjacent to an activating group) is 1. The zero-order valence-electron chi connectivity index (χ0n) is 12.5. The van der Waals surface area contributed by atoms with Crippen LogP contribution in [0, 0.1) is 13.8 Å². The molecule has 0 saturated heterocycles. The van der Waals surface area contributed by atoms with Crippen molar-refractivity contribution in [2.45, 2.75) is 20.3 Å². The van der Waals surface area contributed by atoms with Crippen molar-refractivity contribution in [3.05, 3.63) is 57.6 Å². The number of rotatable bonds is 3. The number of amides is 1. The number of carbonyl (C=O) groups is 1. The van der Waals surface area contributed by atoms with E-state index in [2.05, 4.69) is 35.8 Å². The van der Waals surface area contributed by atoms with Crippen LogP contribution in [0.4, 0.5) is 11.4 Å². The molecule has 21 heavy (non-hydrogen) atoms. The molecule has 110 valence electrons. The zero-order chi connectivity index (χ0) is 15.6. The average molecular weight is 347 g/mol. The molecule has 0 aromatic heterocycles. The standard InChI is InChI=1S/C17H19BrN2O/c1-11-4-5-13(8-12(11)2)9-17(21)20(3)16-7-6-14(18)10-15(16)19/h4-8,10H,9,19H2,1-3H3. The molecule has 3 nitrogen and oxygen atoms in total. The summed E-state index contributed by atoms with van der Waals surface area (Å²) >= 11 is 3.37. The fourth-order valence-electron chi connectivity index (χ4n) is 2.17. The normalized spacial score (nSPS) is 10.5. The number of halogens is 1. The Balaban J connectivity index is 2.17. The number of anilines is 2. The van der Waals surface area contributed by atoms with Crippen molar-refractivity contribution in [2.24, 2.45) is 0 Å². The van der Waals surface area contributed by atoms with Gasteiger partial charge < -0.3 is 10.6 Å². The smallest absolute Gasteiger partial charge is 0.231 e. The van der Waals surface area contributed by atoms with Gasteiger partial charge in [-0.1, -0.05) is 34.1 Å². The predicted octanol–water partition coefficient (Wildman–Crippen LogP) is 3.85. The van der Waals surface area contributed by atoms with Crippen LogP contribution in [0.3, 0.4) is 0 Å². The minimum atomic E-state index is 0.0206. The van der Waals surface area contributed by atoms with Crippen molar-refractivity contribution in [3.8, 4) is 0 Å². The lowest BCUT2D eigenvalue weighted by atomic mass is 10.0. The summed E-state index contributed by atoms with van der Waals surface area (Å²) in [7, 11) is 1.75. The van der Waals surface area contributed by atoms with Crippen LogP contribution in [0.1, 0.15) is 16.7 Å². The highest BCUT2D eigenvalue weighted by molar-refractivity contribution is 9.10. The van der Waals surface area contributed by atoms with Gasteiger partial charge in [0.2, 0.25) is 5.91 Å². The number of nitrogen functional groups attached to an aromatic ring is 1. The molecule has 0 bridgehead atoms. The molecule has 2 aromatic carbocycles. The van der Waals surface area contributed by atoms with E-state index in [1.165, 1.54) is 11.1 Å². The number of nitrogens with two attached hydrogens (primary N) is 1. The summed E-state index contributed by atoms with van der Waals surface area (Å²) < 4.78 is 0.902. The number of carbonyl (C=O) groups excluding carboxylic acids is 1. The van der Waals surface area contributed by atoms with Crippen LogP contribution in [0.5, 0.6) is 0 Å². The van der Waals surface area contributed by atoms with Gasteiger partial charge in [-0.05, 0) is 48.7 Å². The Morgan fingerprint density at radius 1 is 1.14 bits per heavy atom. The Hall–Kier alpha value is -1.81. The first-order chi connectivity index (χ1) is 9.88. The lowest BCUT2D eigenvalue weighted by molar-refractivity contribution is -0.117. The number of nitrogens with zero attached hydrogens (tertiary/aromatic N) is 1. The molecule has 2 rings (SSSR count). The third-order valence-corrected chi connectivity index (χ3v) is 4.14. The Labute approximate surface area is 133 Å². The Bertz CT molecular complexity index is 682. The van der Waals surface area contributed by atoms with Crippen LogP contribution in [0.2, 0.25) is 0 Å². The van der Waals surface area contributed by atoms with Crippen molar-refractivity contribution in [1.82, 2.24) is 0 Å². The SMILES string of the molecule is Cc1ccc(CC(=O)N(C)c2ccc(Br)cc2N)cc1C. The zero-order valence-corrected chi connectivity index (χ0v) is 14.1. The van der Waals surface area contributed by atoms with Crippen molar-refractivity contribution in [3.63, 3.8) is 0 Å². The lowest BCUT2D eigenvalue weighted by Crippen LogP contribution is -2.28. The Morgan fingerprint density at radius 2 is 1.86 bits per heavy atom. The van der Waals surface area contributed by atoms with Crippen LogP contribution < -0.4 is 10.6 Å². The molecule has 0 unspecified atom stereocenters. The maximum atomic E-state index is 12.4. The van der Waals surface area contributed by atoms with Crippen molar-refractivity contribution in [2.75, 3.05) is 17.7 Å². The van der Waals surface area contributed by atoms with E-state index < -0.39 is 0 Å². The maximum absolute atomic E-state index is 12.4. The van der Waals surface area contributed by atoms with Crippen LogP contribution in [0.25, 0.3) is 0 Å². The molecule has 0 fully saturated rings. The van der Waals surface area contributed by atoms with Gasteiger partial charge in [0.05, 0.1) is 17.8 Å². The highest BCUT2D eigenvalue weighted by atomic mass is 79.9. The third kappa shape index (κ3) is 3.64. The molecule has 2 N–H and O–H groups in total. The number of hydrogen-bond donors (Lipinski definition) is 1. The molecule has 0 atom stereocenters. The van der Waals surface area contributed by atoms with E-state index in [4.69, 9.17) is 5.73 Å². The molecule has 1 amide bonds. The second-order valence-corrected chi connectivity index (χ2v) is 6.17. The Morgan fingerprint density at radius 3 is 2.48 bits per heavy atom. The van der Waals surface area contributed by atoms with Crippen LogP contribution in [-0.2, 0) is 11.2 Å². The van der Waals surface area contributed by atoms with Crippen LogP contribution >= 0.6 is 15.9 Å². The summed E-state index contributed by atoms with van der Waals surface area (Å²) in [6.45, 7) is 4.12. The first kappa shape index (κ1) is 15.6. The van der Waals surface area contributed by atoms with E-state index in [1.54, 1.807) is 18.0 Å². The summed E-state index contributed by atoms with van der Waals surface area (Å²) in [6.07, 6.45) is 0.368. The number of hydrogen-bond acceptors (Lipinski definition) is 2. The molecule has 0 aliphatic rings. The Kier molecular flexibility index (Phi) is 4.68. The largest absolute Gasteiger partial charge is 0.397 e. The van der Waals surface area contributed by atoms with Gasteiger partial charge in [-0.15, -0.1) is 0 Å². The second kappa shape index (κ2) is 6.31. The van der Waals surface area contributed by atoms with Crippen molar-refractivity contribution >= 4 is 33.2 Å². The summed E-state index contributed by atoms with van der Waals surface area (Å²) in [5.41, 5.74) is 10.7. The quantitative estimate of drug-likeness (QED) is 0.857. The fraction of sp³-hybridized carbons (Fsp3) is 0.235. The first-order valence-corrected chi connectivity index (χ1v) is 7.55. The van der Waals surface area contributed by atoms with Gasteiger partial charge in [0.1, 0.15) is 0 Å². The minimum Gasteiger partial charge on any atom is -0.397 e. The molecular weight excluding hydrogens is 328 g/mol. The van der Waals surface area contributed by atoms with Gasteiger partial charge in [0, 0.05) is 11.5 Å². The first-order valence-electron chi connectivity index (χ1n) is 6.76. The van der Waals surface area contributed by atoms with E-state index in [1.807, 2.05) is 24.3 Å². The molecule has 0 radical (unpaired) electrons. The molecule has 0 saturated carbocycles. The minimum absolute atomic E-state index is 0.0206. The topological polar surface area (TPSA) is 46.3 Å². The summed E-state index contributed by atoms with van der Waals surface area (Å²) in [4.78, 5) is 14.0. The second-order valence-electron chi connectivity index (χ2n) is 5.25. The van der Waals surface area contributed by atoms with Gasteiger partial charge in [-0.3, -0.25) is 4.79 Å². The van der Waals surface area contributed by atoms with Gasteiger partial charge in [0.25, 0.3) is 0 Å². The van der Waals surface area contributed by atoms with Gasteiger partial charge >= 0.3 is 0 Å². The van der Waals surface area contributed by atoms with E-state index >= 15 is 0 Å². The number of benzene rings is 2. The van der Waals surface area contributed by atoms with E-state index in [9.17, 15) is 4.79 Å². The van der Waals surface area contributed by atoms with Crippen LogP contribution in [0.15, 0.2) is 40.9 Å². The fourth-order valence-corrected chi connectivity index (χ4v) is 2.55. The average Bonchev–Trinajstić information content (AvgIpc) is 2.42. The lowest BCUT2D eigenvalue weighted by Gasteiger charge is -2.19. The van der Waals surface area contributed by atoms with E-state index in [0.29, 0.717) is 12.1 Å². The molecule has 0 aliphatic carbocycles. The summed E-state index contributed by atoms with van der Waals surface area (Å²) in [6, 6.07) is 11.6. The summed E-state index contributed by atoms with van der Waals surface area (Å²) in [5, 5.41) is 0. The highest BCUT2D eigenvalue weighted by Gasteiger charge is 2.14. The summed E-state index contributed by atoms with van der Waals surface area (Å²) in [5.74, 6) is 0.0206. The van der Waals surface area contributed by atoms with Gasteiger partial charge in [-0.25, -0.2) is 0 Å². The molecule has 2 aromatic rings. The maximum Gasteiger partial charge on any atom is 0.231 e. The van der Waals surface area contributed by atoms with Gasteiger partial charge in [-0.2, -0.15) is 0 Å². The predicted molar refractivity (Wildman–Crippen MR) is 91.6 cm³/mol. The third-order valence-electron chi connectivity index (χ3n) is 3.65. The molecule has 0 spiro atoms. The highest BCUT2D eigenvalue weighted by Crippen LogP contribution is 2.26. The molecular formula is C17H19BrN2O. The molecule has 0 heterocycles. The van der Waals surface area contributed by atoms with E-state index in [-0.39, 0.29) is 5.91 Å². The van der Waals surface area contributed by atoms with Crippen molar-refractivity contribution in [1.29, 1.82) is 0 Å². The van der Waals surface area contributed by atoms with E-state index in [0.717, 1.165) is 15.7 Å². The van der Waals surface area contributed by atoms with Crippen molar-refractivity contribution < 1.29 is 4.79 Å². The number of aryl methyl sites for hydroxylation is 2. The molecule has 0 aliphatic heterocycles. The van der Waals surface area contributed by atoms with Crippen LogP contribution in [-0.4, -0.2) is 13.0 Å². The van der Waals surface area contributed by atoms with Gasteiger partial charge in [0.15, 0.2) is 0 Å². The molecule has 4 heteroatoms.